The van der Waals surface area contributed by atoms with Crippen LogP contribution in [0, 0.1) is 32.1 Å². The molecule has 1 amide bonds. The molecule has 8 nitrogen and oxygen atoms in total. The van der Waals surface area contributed by atoms with Crippen LogP contribution >= 0.6 is 11.3 Å². The average Bonchev–Trinajstić information content (AvgIpc) is 3.19. The Hall–Kier alpha value is -3.90. The van der Waals surface area contributed by atoms with E-state index < -0.39 is 5.91 Å². The number of rotatable bonds is 9. The van der Waals surface area contributed by atoms with Crippen molar-refractivity contribution in [2.75, 3.05) is 25.6 Å². The molecule has 3 aromatic rings. The Morgan fingerprint density at radius 3 is 2.42 bits per heavy atom. The van der Waals surface area contributed by atoms with Crippen molar-refractivity contribution >= 4 is 28.5 Å². The lowest BCUT2D eigenvalue weighted by atomic mass is 10.1. The highest BCUT2D eigenvalue weighted by atomic mass is 32.1. The standard InChI is InChI=1S/C24H24N4O4S/c1-15-9-16(2)11-20(10-15)31-7-8-32-21-6-5-18(13-22(21)30-4)12-19(14-25)23(29)26-24-28-27-17(3)33-24/h5-6,9-13H,7-8H2,1-4H3,(H,26,28,29)/b19-12-. The number of hydrogen-bond acceptors (Lipinski definition) is 8. The Kier molecular flexibility index (Phi) is 8.00. The summed E-state index contributed by atoms with van der Waals surface area (Å²) in [5, 5.41) is 20.7. The first kappa shape index (κ1) is 23.8. The number of aryl methyl sites for hydroxylation is 3. The fourth-order valence-electron chi connectivity index (χ4n) is 3.05. The smallest absolute Gasteiger partial charge is 0.268 e. The number of carbonyl (C=O) groups excluding carboxylic acids is 1. The Bertz CT molecular complexity index is 1190. The van der Waals surface area contributed by atoms with E-state index in [9.17, 15) is 10.1 Å². The largest absolute Gasteiger partial charge is 0.493 e. The number of hydrogen-bond donors (Lipinski definition) is 1. The van der Waals surface area contributed by atoms with Gasteiger partial charge in [-0.15, -0.1) is 10.2 Å². The quantitative estimate of drug-likeness (QED) is 0.283. The van der Waals surface area contributed by atoms with Crippen molar-refractivity contribution < 1.29 is 19.0 Å². The van der Waals surface area contributed by atoms with Gasteiger partial charge < -0.3 is 14.2 Å². The molecule has 0 radical (unpaired) electrons. The van der Waals surface area contributed by atoms with E-state index in [2.05, 4.69) is 21.6 Å². The molecule has 0 aliphatic carbocycles. The minimum atomic E-state index is -0.559. The normalized spacial score (nSPS) is 10.9. The van der Waals surface area contributed by atoms with Gasteiger partial charge in [0.1, 0.15) is 35.6 Å². The molecule has 0 fully saturated rings. The summed E-state index contributed by atoms with van der Waals surface area (Å²) in [6.07, 6.45) is 1.47. The van der Waals surface area contributed by atoms with Gasteiger partial charge in [0.05, 0.1) is 7.11 Å². The maximum absolute atomic E-state index is 12.4. The second kappa shape index (κ2) is 11.1. The van der Waals surface area contributed by atoms with Gasteiger partial charge in [-0.2, -0.15) is 5.26 Å². The van der Waals surface area contributed by atoms with Crippen molar-refractivity contribution in [3.05, 3.63) is 63.7 Å². The molecule has 33 heavy (non-hydrogen) atoms. The zero-order chi connectivity index (χ0) is 23.8. The fourth-order valence-corrected chi connectivity index (χ4v) is 3.63. The number of methoxy groups -OCH3 is 1. The maximum Gasteiger partial charge on any atom is 0.268 e. The number of benzene rings is 2. The number of amides is 1. The van der Waals surface area contributed by atoms with E-state index in [1.54, 1.807) is 25.1 Å². The van der Waals surface area contributed by atoms with Gasteiger partial charge in [-0.05, 0) is 67.8 Å². The first-order chi connectivity index (χ1) is 15.9. The van der Waals surface area contributed by atoms with Gasteiger partial charge in [0, 0.05) is 0 Å². The lowest BCUT2D eigenvalue weighted by molar-refractivity contribution is -0.112. The van der Waals surface area contributed by atoms with E-state index >= 15 is 0 Å². The zero-order valence-electron chi connectivity index (χ0n) is 18.8. The third-order valence-corrected chi connectivity index (χ3v) is 5.17. The molecule has 0 bridgehead atoms. The molecule has 0 spiro atoms. The number of nitrogens with one attached hydrogen (secondary N) is 1. The predicted molar refractivity (Wildman–Crippen MR) is 127 cm³/mol. The summed E-state index contributed by atoms with van der Waals surface area (Å²) in [6, 6.07) is 13.1. The molecule has 0 unspecified atom stereocenters. The molecule has 1 heterocycles. The SMILES string of the molecule is COc1cc(/C=C(/C#N)C(=O)Nc2nnc(C)s2)ccc1OCCOc1cc(C)cc(C)c1. The highest BCUT2D eigenvalue weighted by molar-refractivity contribution is 7.15. The lowest BCUT2D eigenvalue weighted by Gasteiger charge is -2.13. The molecule has 0 atom stereocenters. The minimum absolute atomic E-state index is 0.0691. The molecule has 1 N–H and O–H groups in total. The Balaban J connectivity index is 1.63. The first-order valence-corrected chi connectivity index (χ1v) is 10.9. The van der Waals surface area contributed by atoms with Crippen LogP contribution < -0.4 is 19.5 Å². The summed E-state index contributed by atoms with van der Waals surface area (Å²) in [5.41, 5.74) is 2.83. The number of nitrogens with zero attached hydrogens (tertiary/aromatic N) is 3. The molecular weight excluding hydrogens is 440 g/mol. The van der Waals surface area contributed by atoms with E-state index in [1.165, 1.54) is 24.5 Å². The second-order valence-electron chi connectivity index (χ2n) is 7.18. The molecule has 0 aliphatic rings. The molecule has 9 heteroatoms. The number of carbonyl (C=O) groups is 1. The second-order valence-corrected chi connectivity index (χ2v) is 8.36. The summed E-state index contributed by atoms with van der Waals surface area (Å²) in [4.78, 5) is 12.4. The van der Waals surface area contributed by atoms with Gasteiger partial charge in [-0.25, -0.2) is 0 Å². The Morgan fingerprint density at radius 2 is 1.79 bits per heavy atom. The summed E-state index contributed by atoms with van der Waals surface area (Å²) >= 11 is 1.23. The Morgan fingerprint density at radius 1 is 1.06 bits per heavy atom. The molecule has 0 saturated carbocycles. The van der Waals surface area contributed by atoms with Gasteiger partial charge in [0.2, 0.25) is 5.13 Å². The fraction of sp³-hybridized carbons (Fsp3) is 0.250. The van der Waals surface area contributed by atoms with Crippen molar-refractivity contribution in [2.45, 2.75) is 20.8 Å². The van der Waals surface area contributed by atoms with Crippen molar-refractivity contribution in [1.29, 1.82) is 5.26 Å². The van der Waals surface area contributed by atoms with Crippen LogP contribution in [0.2, 0.25) is 0 Å². The van der Waals surface area contributed by atoms with E-state index in [0.29, 0.717) is 40.4 Å². The van der Waals surface area contributed by atoms with Gasteiger partial charge in [0.25, 0.3) is 5.91 Å². The van der Waals surface area contributed by atoms with Crippen molar-refractivity contribution in [2.24, 2.45) is 0 Å². The van der Waals surface area contributed by atoms with Crippen molar-refractivity contribution in [1.82, 2.24) is 10.2 Å². The van der Waals surface area contributed by atoms with Crippen molar-refractivity contribution in [3.8, 4) is 23.3 Å². The summed E-state index contributed by atoms with van der Waals surface area (Å²) < 4.78 is 17.0. The third-order valence-electron chi connectivity index (χ3n) is 4.42. The van der Waals surface area contributed by atoms with E-state index in [4.69, 9.17) is 14.2 Å². The lowest BCUT2D eigenvalue weighted by Crippen LogP contribution is -2.13. The van der Waals surface area contributed by atoms with Crippen LogP contribution in [0.4, 0.5) is 5.13 Å². The van der Waals surface area contributed by atoms with Crippen LogP contribution in [0.1, 0.15) is 21.7 Å². The summed E-state index contributed by atoms with van der Waals surface area (Å²) in [6.45, 7) is 6.52. The number of aromatic nitrogens is 2. The van der Waals surface area contributed by atoms with Crippen LogP contribution in [0.25, 0.3) is 6.08 Å². The van der Waals surface area contributed by atoms with Crippen LogP contribution in [0.15, 0.2) is 42.0 Å². The summed E-state index contributed by atoms with van der Waals surface area (Å²) in [7, 11) is 1.53. The van der Waals surface area contributed by atoms with Crippen LogP contribution in [0.5, 0.6) is 17.2 Å². The average molecular weight is 465 g/mol. The topological polar surface area (TPSA) is 106 Å². The van der Waals surface area contributed by atoms with Gasteiger partial charge in [0.15, 0.2) is 11.5 Å². The molecule has 0 aliphatic heterocycles. The Labute approximate surface area is 196 Å². The van der Waals surface area contributed by atoms with Crippen LogP contribution in [-0.4, -0.2) is 36.4 Å². The number of anilines is 1. The molecule has 0 saturated heterocycles. The third kappa shape index (κ3) is 6.79. The maximum atomic E-state index is 12.4. The highest BCUT2D eigenvalue weighted by Crippen LogP contribution is 2.29. The number of nitriles is 1. The van der Waals surface area contributed by atoms with Crippen LogP contribution in [-0.2, 0) is 4.79 Å². The molecule has 170 valence electrons. The molecule has 1 aromatic heterocycles. The van der Waals surface area contributed by atoms with E-state index in [1.807, 2.05) is 32.0 Å². The minimum Gasteiger partial charge on any atom is -0.493 e. The van der Waals surface area contributed by atoms with Gasteiger partial charge in [-0.3, -0.25) is 10.1 Å². The molecule has 2 aromatic carbocycles. The van der Waals surface area contributed by atoms with Gasteiger partial charge in [-0.1, -0.05) is 23.5 Å². The molecule has 3 rings (SSSR count). The zero-order valence-corrected chi connectivity index (χ0v) is 19.7. The van der Waals surface area contributed by atoms with Crippen LogP contribution in [0.3, 0.4) is 0 Å². The number of ether oxygens (including phenoxy) is 3. The van der Waals surface area contributed by atoms with Crippen molar-refractivity contribution in [3.63, 3.8) is 0 Å². The predicted octanol–water partition coefficient (Wildman–Crippen LogP) is 4.48. The van der Waals surface area contributed by atoms with E-state index in [-0.39, 0.29) is 5.57 Å². The molecular formula is C24H24N4O4S. The summed E-state index contributed by atoms with van der Waals surface area (Å²) in [5.74, 6) is 1.25. The first-order valence-electron chi connectivity index (χ1n) is 10.1. The van der Waals surface area contributed by atoms with E-state index in [0.717, 1.165) is 16.9 Å². The highest BCUT2D eigenvalue weighted by Gasteiger charge is 2.13. The monoisotopic (exact) mass is 464 g/mol. The van der Waals surface area contributed by atoms with Gasteiger partial charge >= 0.3 is 0 Å².